The van der Waals surface area contributed by atoms with Crippen molar-refractivity contribution in [3.63, 3.8) is 0 Å². The molecule has 0 bridgehead atoms. The lowest BCUT2D eigenvalue weighted by atomic mass is 10.0. The normalized spacial score (nSPS) is 11.8. The second-order valence-electron chi connectivity index (χ2n) is 13.7. The van der Waals surface area contributed by atoms with Crippen LogP contribution in [0.25, 0.3) is 93.6 Å². The summed E-state index contributed by atoms with van der Waals surface area (Å²) in [6.07, 6.45) is 0. The monoisotopic (exact) mass is 674 g/mol. The number of nitrogens with zero attached hydrogens (tertiary/aromatic N) is 4. The number of fused-ring (bicyclic) bond motifs is 9. The van der Waals surface area contributed by atoms with Crippen LogP contribution in [0, 0.1) is 11.3 Å². The van der Waals surface area contributed by atoms with Crippen LogP contribution in [0.15, 0.2) is 182 Å². The van der Waals surface area contributed by atoms with Crippen LogP contribution >= 0.6 is 0 Å². The van der Waals surface area contributed by atoms with E-state index in [1.54, 1.807) is 0 Å². The zero-order chi connectivity index (χ0) is 35.0. The van der Waals surface area contributed by atoms with E-state index in [0.29, 0.717) is 5.56 Å². The topological polar surface area (TPSA) is 38.6 Å². The highest BCUT2D eigenvalue weighted by atomic mass is 15.0. The molecule has 0 unspecified atom stereocenters. The zero-order valence-electron chi connectivity index (χ0n) is 28.6. The van der Waals surface area contributed by atoms with Gasteiger partial charge in [0.05, 0.1) is 44.7 Å². The average Bonchev–Trinajstić information content (AvgIpc) is 3.85. The van der Waals surface area contributed by atoms with Crippen molar-refractivity contribution < 1.29 is 0 Å². The average molecular weight is 675 g/mol. The van der Waals surface area contributed by atoms with E-state index in [4.69, 9.17) is 0 Å². The molecule has 3 heterocycles. The Hall–Kier alpha value is -7.35. The molecule has 53 heavy (non-hydrogen) atoms. The molecule has 0 aliphatic carbocycles. The first-order valence-electron chi connectivity index (χ1n) is 17.9. The van der Waals surface area contributed by atoms with Crippen molar-refractivity contribution in [2.45, 2.75) is 0 Å². The SMILES string of the molecule is N#Cc1ccc2c(c1)c1cc3c(cc1n2-c1cccc(-c2cccc(-n4c5ccccc5c5ccccc54)c2)c1)c1ccccc1n3-c1ccccc1. The van der Waals surface area contributed by atoms with Crippen LogP contribution in [0.3, 0.4) is 0 Å². The van der Waals surface area contributed by atoms with Gasteiger partial charge >= 0.3 is 0 Å². The molecule has 8 aromatic carbocycles. The van der Waals surface area contributed by atoms with Crippen LogP contribution < -0.4 is 0 Å². The second-order valence-corrected chi connectivity index (χ2v) is 13.7. The number of aromatic nitrogens is 3. The minimum Gasteiger partial charge on any atom is -0.309 e. The van der Waals surface area contributed by atoms with Gasteiger partial charge in [0.2, 0.25) is 0 Å². The van der Waals surface area contributed by atoms with E-state index in [2.05, 4.69) is 190 Å². The third kappa shape index (κ3) is 4.35. The molecule has 0 saturated carbocycles. The number of hydrogen-bond acceptors (Lipinski definition) is 1. The lowest BCUT2D eigenvalue weighted by molar-refractivity contribution is 1.17. The third-order valence-corrected chi connectivity index (χ3v) is 10.8. The molecule has 0 saturated heterocycles. The van der Waals surface area contributed by atoms with E-state index < -0.39 is 0 Å². The molecule has 0 aliphatic heterocycles. The highest BCUT2D eigenvalue weighted by Crippen LogP contribution is 2.41. The Kier molecular flexibility index (Phi) is 6.28. The summed E-state index contributed by atoms with van der Waals surface area (Å²) in [6, 6.07) is 67.3. The molecule has 0 atom stereocenters. The van der Waals surface area contributed by atoms with Crippen LogP contribution in [0.2, 0.25) is 0 Å². The second kappa shape index (κ2) is 11.3. The summed E-state index contributed by atoms with van der Waals surface area (Å²) in [5.74, 6) is 0. The highest BCUT2D eigenvalue weighted by molar-refractivity contribution is 6.19. The van der Waals surface area contributed by atoms with E-state index in [0.717, 1.165) is 55.5 Å². The van der Waals surface area contributed by atoms with Gasteiger partial charge in [-0.05, 0) is 96.1 Å². The van der Waals surface area contributed by atoms with Gasteiger partial charge in [-0.25, -0.2) is 0 Å². The minimum absolute atomic E-state index is 0.649. The lowest BCUT2D eigenvalue weighted by Crippen LogP contribution is -1.96. The van der Waals surface area contributed by atoms with Crippen molar-refractivity contribution in [1.82, 2.24) is 13.7 Å². The van der Waals surface area contributed by atoms with Crippen molar-refractivity contribution in [1.29, 1.82) is 5.26 Å². The largest absolute Gasteiger partial charge is 0.309 e. The third-order valence-electron chi connectivity index (χ3n) is 10.8. The summed E-state index contributed by atoms with van der Waals surface area (Å²) in [4.78, 5) is 0. The van der Waals surface area contributed by atoms with Gasteiger partial charge in [0.1, 0.15) is 0 Å². The molecule has 0 radical (unpaired) electrons. The maximum Gasteiger partial charge on any atom is 0.0991 e. The fraction of sp³-hybridized carbons (Fsp3) is 0. The fourth-order valence-electron chi connectivity index (χ4n) is 8.53. The number of para-hydroxylation sites is 4. The van der Waals surface area contributed by atoms with Gasteiger partial charge in [-0.2, -0.15) is 5.26 Å². The van der Waals surface area contributed by atoms with E-state index in [-0.39, 0.29) is 0 Å². The Labute approximate surface area is 305 Å². The van der Waals surface area contributed by atoms with Gasteiger partial charge < -0.3 is 13.7 Å². The number of benzene rings is 8. The van der Waals surface area contributed by atoms with E-state index in [9.17, 15) is 5.26 Å². The Balaban J connectivity index is 1.14. The summed E-state index contributed by atoms with van der Waals surface area (Å²) < 4.78 is 7.08. The van der Waals surface area contributed by atoms with Crippen molar-refractivity contribution in [2.75, 3.05) is 0 Å². The van der Waals surface area contributed by atoms with E-state index in [1.807, 2.05) is 12.1 Å². The van der Waals surface area contributed by atoms with Crippen LogP contribution in [0.1, 0.15) is 5.56 Å². The standard InChI is InChI=1S/C49H30N4/c50-31-32-24-25-47-41(26-32)43-30-48-42(40-20-6-9-23-46(40)51(48)35-14-2-1-3-15-35)29-49(43)53(47)37-17-11-13-34(28-37)33-12-10-16-36(27-33)52-44-21-7-4-18-38(44)39-19-5-8-22-45(39)52/h1-30H. The summed E-state index contributed by atoms with van der Waals surface area (Å²) in [6.45, 7) is 0. The summed E-state index contributed by atoms with van der Waals surface area (Å²) in [7, 11) is 0. The Morgan fingerprint density at radius 3 is 1.28 bits per heavy atom. The zero-order valence-corrected chi connectivity index (χ0v) is 28.6. The molecule has 0 amide bonds. The number of nitriles is 1. The fourth-order valence-corrected chi connectivity index (χ4v) is 8.53. The lowest BCUT2D eigenvalue weighted by Gasteiger charge is -2.13. The summed E-state index contributed by atoms with van der Waals surface area (Å²) in [5.41, 5.74) is 13.1. The first kappa shape index (κ1) is 29.4. The van der Waals surface area contributed by atoms with Gasteiger partial charge in [-0.15, -0.1) is 0 Å². The van der Waals surface area contributed by atoms with Crippen molar-refractivity contribution in [2.24, 2.45) is 0 Å². The van der Waals surface area contributed by atoms with Gasteiger partial charge in [0.25, 0.3) is 0 Å². The van der Waals surface area contributed by atoms with E-state index >= 15 is 0 Å². The molecule has 0 spiro atoms. The van der Waals surface area contributed by atoms with E-state index in [1.165, 1.54) is 38.1 Å². The predicted molar refractivity (Wildman–Crippen MR) is 220 cm³/mol. The summed E-state index contributed by atoms with van der Waals surface area (Å²) >= 11 is 0. The first-order valence-corrected chi connectivity index (χ1v) is 17.9. The van der Waals surface area contributed by atoms with Crippen LogP contribution in [-0.2, 0) is 0 Å². The molecular formula is C49H30N4. The van der Waals surface area contributed by atoms with Gasteiger partial charge in [0, 0.05) is 49.4 Å². The van der Waals surface area contributed by atoms with Gasteiger partial charge in [0.15, 0.2) is 0 Å². The summed E-state index contributed by atoms with van der Waals surface area (Å²) in [5, 5.41) is 17.0. The Bertz CT molecular complexity index is 3240. The highest BCUT2D eigenvalue weighted by Gasteiger charge is 2.19. The molecule has 0 N–H and O–H groups in total. The minimum atomic E-state index is 0.649. The molecule has 0 fully saturated rings. The number of rotatable bonds is 4. The van der Waals surface area contributed by atoms with Crippen LogP contribution in [0.4, 0.5) is 0 Å². The Morgan fingerprint density at radius 2 is 0.717 bits per heavy atom. The molecule has 0 aliphatic rings. The van der Waals surface area contributed by atoms with Gasteiger partial charge in [-0.1, -0.05) is 97.1 Å². The van der Waals surface area contributed by atoms with Crippen molar-refractivity contribution >= 4 is 65.4 Å². The molecule has 4 nitrogen and oxygen atoms in total. The Morgan fingerprint density at radius 1 is 0.302 bits per heavy atom. The molecule has 11 aromatic rings. The molecule has 4 heteroatoms. The molecule has 11 rings (SSSR count). The maximum atomic E-state index is 9.96. The first-order chi connectivity index (χ1) is 26.2. The van der Waals surface area contributed by atoms with Crippen molar-refractivity contribution in [3.05, 3.63) is 188 Å². The maximum absolute atomic E-state index is 9.96. The van der Waals surface area contributed by atoms with Crippen LogP contribution in [-0.4, -0.2) is 13.7 Å². The molecule has 3 aromatic heterocycles. The predicted octanol–water partition coefficient (Wildman–Crippen LogP) is 12.5. The van der Waals surface area contributed by atoms with Gasteiger partial charge in [-0.3, -0.25) is 0 Å². The quantitative estimate of drug-likeness (QED) is 0.183. The molecule has 246 valence electrons. The van der Waals surface area contributed by atoms with Crippen LogP contribution in [0.5, 0.6) is 0 Å². The molecular weight excluding hydrogens is 645 g/mol. The number of hydrogen-bond donors (Lipinski definition) is 0. The van der Waals surface area contributed by atoms with Crippen molar-refractivity contribution in [3.8, 4) is 34.3 Å². The smallest absolute Gasteiger partial charge is 0.0991 e.